The van der Waals surface area contributed by atoms with Gasteiger partial charge in [0.15, 0.2) is 5.78 Å². The molecule has 142 valence electrons. The zero-order valence-electron chi connectivity index (χ0n) is 15.2. The SMILES string of the molecule is O=C(CCCSc1ccccc1)Nc1ccc(Cl)cc1C(=O)c1ccccc1. The number of ketones is 1. The van der Waals surface area contributed by atoms with E-state index in [0.717, 1.165) is 12.2 Å². The van der Waals surface area contributed by atoms with E-state index in [-0.39, 0.29) is 11.7 Å². The van der Waals surface area contributed by atoms with Crippen LogP contribution >= 0.6 is 23.4 Å². The topological polar surface area (TPSA) is 46.2 Å². The predicted molar refractivity (Wildman–Crippen MR) is 116 cm³/mol. The number of halogens is 1. The Labute approximate surface area is 174 Å². The molecule has 0 spiro atoms. The molecule has 0 heterocycles. The van der Waals surface area contributed by atoms with Gasteiger partial charge >= 0.3 is 0 Å². The second-order valence-corrected chi connectivity index (χ2v) is 7.80. The van der Waals surface area contributed by atoms with Crippen LogP contribution in [0, 0.1) is 0 Å². The fourth-order valence-corrected chi connectivity index (χ4v) is 3.76. The van der Waals surface area contributed by atoms with Crippen molar-refractivity contribution in [3.63, 3.8) is 0 Å². The molecule has 3 nitrogen and oxygen atoms in total. The number of thioether (sulfide) groups is 1. The summed E-state index contributed by atoms with van der Waals surface area (Å²) < 4.78 is 0. The van der Waals surface area contributed by atoms with Gasteiger partial charge in [-0.25, -0.2) is 0 Å². The van der Waals surface area contributed by atoms with Crippen molar-refractivity contribution >= 4 is 40.7 Å². The molecule has 0 aliphatic rings. The number of hydrogen-bond acceptors (Lipinski definition) is 3. The predicted octanol–water partition coefficient (Wildman–Crippen LogP) is 6.08. The Kier molecular flexibility index (Phi) is 7.29. The van der Waals surface area contributed by atoms with E-state index >= 15 is 0 Å². The van der Waals surface area contributed by atoms with E-state index in [2.05, 4.69) is 17.4 Å². The van der Waals surface area contributed by atoms with Crippen LogP contribution in [0.2, 0.25) is 5.02 Å². The zero-order chi connectivity index (χ0) is 19.8. The van der Waals surface area contributed by atoms with Crippen molar-refractivity contribution in [3.8, 4) is 0 Å². The van der Waals surface area contributed by atoms with Crippen molar-refractivity contribution in [2.75, 3.05) is 11.1 Å². The highest BCUT2D eigenvalue weighted by atomic mass is 35.5. The molecule has 1 amide bonds. The van der Waals surface area contributed by atoms with Crippen molar-refractivity contribution in [3.05, 3.63) is 95.0 Å². The Morgan fingerprint density at radius 3 is 2.29 bits per heavy atom. The second kappa shape index (κ2) is 10.1. The Hall–Kier alpha value is -2.56. The second-order valence-electron chi connectivity index (χ2n) is 6.20. The number of rotatable bonds is 8. The summed E-state index contributed by atoms with van der Waals surface area (Å²) in [6.07, 6.45) is 1.14. The van der Waals surface area contributed by atoms with Crippen LogP contribution in [0.3, 0.4) is 0 Å². The third kappa shape index (κ3) is 5.72. The van der Waals surface area contributed by atoms with Crippen LogP contribution in [0.15, 0.2) is 83.8 Å². The summed E-state index contributed by atoms with van der Waals surface area (Å²) in [6, 6.07) is 24.0. The summed E-state index contributed by atoms with van der Waals surface area (Å²) in [4.78, 5) is 26.4. The normalized spacial score (nSPS) is 10.5. The van der Waals surface area contributed by atoms with Crippen LogP contribution in [-0.4, -0.2) is 17.4 Å². The van der Waals surface area contributed by atoms with Crippen LogP contribution in [0.25, 0.3) is 0 Å². The molecule has 1 N–H and O–H groups in total. The van der Waals surface area contributed by atoms with Gasteiger partial charge in [-0.15, -0.1) is 11.8 Å². The van der Waals surface area contributed by atoms with Gasteiger partial charge in [-0.05, 0) is 42.5 Å². The highest BCUT2D eigenvalue weighted by molar-refractivity contribution is 7.99. The van der Waals surface area contributed by atoms with Gasteiger partial charge < -0.3 is 5.32 Å². The number of anilines is 1. The molecule has 0 saturated carbocycles. The minimum Gasteiger partial charge on any atom is -0.325 e. The summed E-state index contributed by atoms with van der Waals surface area (Å²) >= 11 is 7.80. The van der Waals surface area contributed by atoms with Crippen LogP contribution < -0.4 is 5.32 Å². The van der Waals surface area contributed by atoms with Gasteiger partial charge in [-0.1, -0.05) is 60.1 Å². The Morgan fingerprint density at radius 1 is 0.893 bits per heavy atom. The quantitative estimate of drug-likeness (QED) is 0.278. The highest BCUT2D eigenvalue weighted by Crippen LogP contribution is 2.24. The number of amides is 1. The van der Waals surface area contributed by atoms with Crippen molar-refractivity contribution in [2.24, 2.45) is 0 Å². The summed E-state index contributed by atoms with van der Waals surface area (Å²) in [5.74, 6) is 0.574. The maximum atomic E-state index is 12.8. The minimum atomic E-state index is -0.168. The van der Waals surface area contributed by atoms with E-state index in [9.17, 15) is 9.59 Å². The summed E-state index contributed by atoms with van der Waals surface area (Å²) in [5.41, 5.74) is 1.43. The molecule has 3 aromatic rings. The Morgan fingerprint density at radius 2 is 1.57 bits per heavy atom. The first-order valence-electron chi connectivity index (χ1n) is 9.00. The number of benzene rings is 3. The number of hydrogen-bond donors (Lipinski definition) is 1. The molecular formula is C23H20ClNO2S. The molecule has 3 aromatic carbocycles. The van der Waals surface area contributed by atoms with Crippen LogP contribution in [0.1, 0.15) is 28.8 Å². The first-order chi connectivity index (χ1) is 13.6. The van der Waals surface area contributed by atoms with Gasteiger partial charge in [0.05, 0.1) is 5.69 Å². The number of nitrogens with one attached hydrogen (secondary N) is 1. The molecule has 0 fully saturated rings. The average molecular weight is 410 g/mol. The van der Waals surface area contributed by atoms with E-state index in [1.54, 1.807) is 54.2 Å². The van der Waals surface area contributed by atoms with Crippen LogP contribution in [0.5, 0.6) is 0 Å². The van der Waals surface area contributed by atoms with Gasteiger partial charge in [0, 0.05) is 27.5 Å². The molecule has 0 saturated heterocycles. The third-order valence-electron chi connectivity index (χ3n) is 4.10. The lowest BCUT2D eigenvalue weighted by Crippen LogP contribution is -2.15. The van der Waals surface area contributed by atoms with E-state index < -0.39 is 0 Å². The maximum Gasteiger partial charge on any atom is 0.224 e. The van der Waals surface area contributed by atoms with E-state index in [1.807, 2.05) is 24.3 Å². The molecule has 0 unspecified atom stereocenters. The molecule has 28 heavy (non-hydrogen) atoms. The highest BCUT2D eigenvalue weighted by Gasteiger charge is 2.16. The molecule has 0 atom stereocenters. The molecule has 0 aliphatic carbocycles. The Balaban J connectivity index is 1.60. The minimum absolute atomic E-state index is 0.113. The van der Waals surface area contributed by atoms with Crippen LogP contribution in [0.4, 0.5) is 5.69 Å². The summed E-state index contributed by atoms with van der Waals surface area (Å²) in [7, 11) is 0. The molecule has 0 bridgehead atoms. The van der Waals surface area contributed by atoms with E-state index in [1.165, 1.54) is 4.90 Å². The van der Waals surface area contributed by atoms with E-state index in [0.29, 0.717) is 28.3 Å². The van der Waals surface area contributed by atoms with Gasteiger partial charge in [-0.2, -0.15) is 0 Å². The summed E-state index contributed by atoms with van der Waals surface area (Å²) in [5, 5.41) is 3.31. The fourth-order valence-electron chi connectivity index (χ4n) is 2.71. The number of carbonyl (C=O) groups excluding carboxylic acids is 2. The van der Waals surface area contributed by atoms with Crippen molar-refractivity contribution in [2.45, 2.75) is 17.7 Å². The standard InChI is InChI=1S/C23H20ClNO2S/c24-18-13-14-21(20(16-18)23(27)17-8-3-1-4-9-17)25-22(26)12-7-15-28-19-10-5-2-6-11-19/h1-6,8-11,13-14,16H,7,12,15H2,(H,25,26). The summed E-state index contributed by atoms with van der Waals surface area (Å²) in [6.45, 7) is 0. The first kappa shape index (κ1) is 20.2. The van der Waals surface area contributed by atoms with Gasteiger partial charge in [-0.3, -0.25) is 9.59 Å². The lowest BCUT2D eigenvalue weighted by Gasteiger charge is -2.11. The van der Waals surface area contributed by atoms with E-state index in [4.69, 9.17) is 11.6 Å². The molecule has 0 aromatic heterocycles. The smallest absolute Gasteiger partial charge is 0.224 e. The monoisotopic (exact) mass is 409 g/mol. The lowest BCUT2D eigenvalue weighted by molar-refractivity contribution is -0.116. The fraction of sp³-hybridized carbons (Fsp3) is 0.130. The van der Waals surface area contributed by atoms with Crippen LogP contribution in [-0.2, 0) is 4.79 Å². The van der Waals surface area contributed by atoms with Gasteiger partial charge in [0.2, 0.25) is 5.91 Å². The molecular weight excluding hydrogens is 390 g/mol. The number of carbonyl (C=O) groups is 2. The van der Waals surface area contributed by atoms with Gasteiger partial charge in [0.1, 0.15) is 0 Å². The average Bonchev–Trinajstić information content (AvgIpc) is 2.73. The molecule has 5 heteroatoms. The largest absolute Gasteiger partial charge is 0.325 e. The van der Waals surface area contributed by atoms with Crippen molar-refractivity contribution in [1.29, 1.82) is 0 Å². The Bertz CT molecular complexity index is 945. The zero-order valence-corrected chi connectivity index (χ0v) is 16.8. The first-order valence-corrected chi connectivity index (χ1v) is 10.4. The van der Waals surface area contributed by atoms with Crippen molar-refractivity contribution < 1.29 is 9.59 Å². The molecule has 3 rings (SSSR count). The molecule has 0 radical (unpaired) electrons. The third-order valence-corrected chi connectivity index (χ3v) is 5.43. The maximum absolute atomic E-state index is 12.8. The lowest BCUT2D eigenvalue weighted by atomic mass is 10.0. The van der Waals surface area contributed by atoms with Gasteiger partial charge in [0.25, 0.3) is 0 Å². The molecule has 0 aliphatic heterocycles. The van der Waals surface area contributed by atoms with Crippen molar-refractivity contribution in [1.82, 2.24) is 0 Å².